The molecule has 2 aromatic carbocycles. The molecule has 0 aliphatic carbocycles. The Balaban J connectivity index is 1.19. The van der Waals surface area contributed by atoms with Gasteiger partial charge in [0.15, 0.2) is 0 Å². The smallest absolute Gasteiger partial charge is 0.270 e. The van der Waals surface area contributed by atoms with Crippen molar-refractivity contribution in [2.45, 2.75) is 13.5 Å². The minimum atomic E-state index is 0.137. The highest BCUT2D eigenvalue weighted by Gasteiger charge is 2.26. The summed E-state index contributed by atoms with van der Waals surface area (Å²) in [6, 6.07) is 20.6. The van der Waals surface area contributed by atoms with Crippen molar-refractivity contribution in [3.05, 3.63) is 82.6 Å². The van der Waals surface area contributed by atoms with Gasteiger partial charge in [-0.2, -0.15) is 0 Å². The second-order valence-corrected chi connectivity index (χ2v) is 9.94. The van der Waals surface area contributed by atoms with E-state index in [0.717, 1.165) is 75.3 Å². The van der Waals surface area contributed by atoms with Crippen LogP contribution in [0.5, 0.6) is 0 Å². The Bertz CT molecular complexity index is 1160. The predicted molar refractivity (Wildman–Crippen MR) is 144 cm³/mol. The quantitative estimate of drug-likeness (QED) is 0.534. The van der Waals surface area contributed by atoms with Crippen LogP contribution in [0, 0.1) is 6.92 Å². The van der Waals surface area contributed by atoms with Gasteiger partial charge in [-0.05, 0) is 42.8 Å². The molecule has 0 N–H and O–H groups in total. The molecule has 0 radical (unpaired) electrons. The number of rotatable bonds is 5. The minimum Gasteiger partial charge on any atom is -0.368 e. The van der Waals surface area contributed by atoms with Crippen molar-refractivity contribution in [1.29, 1.82) is 0 Å². The molecule has 0 bridgehead atoms. The van der Waals surface area contributed by atoms with Gasteiger partial charge in [0, 0.05) is 77.3 Å². The molecule has 2 saturated heterocycles. The molecule has 7 heteroatoms. The van der Waals surface area contributed by atoms with Crippen molar-refractivity contribution in [2.24, 2.45) is 7.05 Å². The van der Waals surface area contributed by atoms with E-state index in [1.807, 2.05) is 36.2 Å². The largest absolute Gasteiger partial charge is 0.368 e. The van der Waals surface area contributed by atoms with E-state index in [1.165, 1.54) is 16.9 Å². The fourth-order valence-corrected chi connectivity index (χ4v) is 5.45. The Morgan fingerprint density at radius 3 is 2.14 bits per heavy atom. The van der Waals surface area contributed by atoms with Gasteiger partial charge >= 0.3 is 0 Å². The number of aromatic nitrogens is 1. The van der Waals surface area contributed by atoms with Gasteiger partial charge in [0.25, 0.3) is 5.91 Å². The molecular weight excluding hydrogens is 458 g/mol. The van der Waals surface area contributed by atoms with Crippen LogP contribution in [0.1, 0.15) is 21.7 Å². The number of anilines is 2. The van der Waals surface area contributed by atoms with Gasteiger partial charge in [-0.1, -0.05) is 41.9 Å². The zero-order valence-electron chi connectivity index (χ0n) is 20.7. The number of hydrogen-bond donors (Lipinski definition) is 0. The molecule has 0 atom stereocenters. The zero-order chi connectivity index (χ0) is 24.4. The van der Waals surface area contributed by atoms with Crippen LogP contribution in [-0.2, 0) is 13.6 Å². The molecule has 2 aliphatic heterocycles. The second kappa shape index (κ2) is 10.3. The van der Waals surface area contributed by atoms with Crippen LogP contribution in [0.2, 0.25) is 5.02 Å². The third kappa shape index (κ3) is 5.04. The number of amides is 1. The molecule has 1 amide bonds. The van der Waals surface area contributed by atoms with E-state index in [4.69, 9.17) is 11.6 Å². The van der Waals surface area contributed by atoms with Gasteiger partial charge in [-0.25, -0.2) is 0 Å². The molecule has 3 aromatic rings. The molecule has 35 heavy (non-hydrogen) atoms. The molecule has 6 nitrogen and oxygen atoms in total. The molecule has 0 unspecified atom stereocenters. The van der Waals surface area contributed by atoms with Crippen molar-refractivity contribution < 1.29 is 4.79 Å². The normalized spacial score (nSPS) is 17.2. The van der Waals surface area contributed by atoms with Gasteiger partial charge in [0.2, 0.25) is 0 Å². The SMILES string of the molecule is Cc1c(CN2CCN(c3ccccc3Cl)CC2)cc(C(=O)N2CCN(c3ccccc3)CC2)n1C. The van der Waals surface area contributed by atoms with Crippen LogP contribution >= 0.6 is 11.6 Å². The molecule has 0 spiro atoms. The van der Waals surface area contributed by atoms with Crippen LogP contribution < -0.4 is 9.80 Å². The standard InChI is InChI=1S/C28H34ClN5O/c1-22-23(21-31-12-14-33(15-13-31)26-11-7-6-10-25(26)29)20-27(30(22)2)28(35)34-18-16-32(17-19-34)24-8-4-3-5-9-24/h3-11,20H,12-19,21H2,1-2H3. The summed E-state index contributed by atoms with van der Waals surface area (Å²) in [6.45, 7) is 10.1. The van der Waals surface area contributed by atoms with Crippen molar-refractivity contribution in [1.82, 2.24) is 14.4 Å². The molecule has 2 aliphatic rings. The fourth-order valence-electron chi connectivity index (χ4n) is 5.19. The van der Waals surface area contributed by atoms with E-state index in [0.29, 0.717) is 0 Å². The summed E-state index contributed by atoms with van der Waals surface area (Å²) in [6.07, 6.45) is 0. The molecular formula is C28H34ClN5O. The maximum atomic E-state index is 13.4. The first-order valence-electron chi connectivity index (χ1n) is 12.5. The Hall–Kier alpha value is -2.96. The molecule has 1 aromatic heterocycles. The van der Waals surface area contributed by atoms with E-state index >= 15 is 0 Å². The average molecular weight is 492 g/mol. The summed E-state index contributed by atoms with van der Waals surface area (Å²) in [4.78, 5) is 22.6. The summed E-state index contributed by atoms with van der Waals surface area (Å²) < 4.78 is 2.07. The Morgan fingerprint density at radius 1 is 0.829 bits per heavy atom. The summed E-state index contributed by atoms with van der Waals surface area (Å²) in [5.41, 5.74) is 5.55. The lowest BCUT2D eigenvalue weighted by Gasteiger charge is -2.36. The monoisotopic (exact) mass is 491 g/mol. The number of para-hydroxylation sites is 2. The number of piperazine rings is 2. The van der Waals surface area contributed by atoms with Crippen LogP contribution in [0.25, 0.3) is 0 Å². The number of carbonyl (C=O) groups excluding carboxylic acids is 1. The minimum absolute atomic E-state index is 0.137. The summed E-state index contributed by atoms with van der Waals surface area (Å²) >= 11 is 6.40. The molecule has 0 saturated carbocycles. The van der Waals surface area contributed by atoms with Crippen molar-refractivity contribution in [2.75, 3.05) is 62.2 Å². The summed E-state index contributed by atoms with van der Waals surface area (Å²) in [5.74, 6) is 0.137. The van der Waals surface area contributed by atoms with Crippen LogP contribution in [0.3, 0.4) is 0 Å². The predicted octanol–water partition coefficient (Wildman–Crippen LogP) is 4.27. The van der Waals surface area contributed by atoms with Crippen LogP contribution in [0.15, 0.2) is 60.7 Å². The lowest BCUT2D eigenvalue weighted by Crippen LogP contribution is -2.49. The lowest BCUT2D eigenvalue weighted by molar-refractivity contribution is 0.0737. The van der Waals surface area contributed by atoms with Crippen molar-refractivity contribution in [3.8, 4) is 0 Å². The molecule has 184 valence electrons. The number of nitrogens with zero attached hydrogens (tertiary/aromatic N) is 5. The van der Waals surface area contributed by atoms with Crippen molar-refractivity contribution >= 4 is 28.9 Å². The lowest BCUT2D eigenvalue weighted by atomic mass is 10.2. The maximum Gasteiger partial charge on any atom is 0.270 e. The van der Waals surface area contributed by atoms with E-state index in [9.17, 15) is 4.79 Å². The Morgan fingerprint density at radius 2 is 1.46 bits per heavy atom. The highest BCUT2D eigenvalue weighted by molar-refractivity contribution is 6.33. The number of benzene rings is 2. The highest BCUT2D eigenvalue weighted by Crippen LogP contribution is 2.27. The van der Waals surface area contributed by atoms with E-state index in [-0.39, 0.29) is 5.91 Å². The van der Waals surface area contributed by atoms with Crippen LogP contribution in [-0.4, -0.2) is 72.6 Å². The highest BCUT2D eigenvalue weighted by atomic mass is 35.5. The van der Waals surface area contributed by atoms with Gasteiger partial charge in [0.1, 0.15) is 5.69 Å². The first-order valence-corrected chi connectivity index (χ1v) is 12.9. The van der Waals surface area contributed by atoms with E-state index in [1.54, 1.807) is 0 Å². The first kappa shape index (κ1) is 23.8. The Kier molecular flexibility index (Phi) is 7.02. The second-order valence-electron chi connectivity index (χ2n) is 9.53. The third-order valence-corrected chi connectivity index (χ3v) is 7.83. The molecule has 3 heterocycles. The van der Waals surface area contributed by atoms with E-state index in [2.05, 4.69) is 62.6 Å². The van der Waals surface area contributed by atoms with Crippen LogP contribution in [0.4, 0.5) is 11.4 Å². The average Bonchev–Trinajstić information content (AvgIpc) is 3.18. The zero-order valence-corrected chi connectivity index (χ0v) is 21.4. The summed E-state index contributed by atoms with van der Waals surface area (Å²) in [5, 5.41) is 0.813. The number of hydrogen-bond acceptors (Lipinski definition) is 4. The van der Waals surface area contributed by atoms with Crippen molar-refractivity contribution in [3.63, 3.8) is 0 Å². The van der Waals surface area contributed by atoms with Gasteiger partial charge in [0.05, 0.1) is 10.7 Å². The number of halogens is 1. The van der Waals surface area contributed by atoms with Gasteiger partial charge in [-0.3, -0.25) is 9.69 Å². The third-order valence-electron chi connectivity index (χ3n) is 7.51. The fraction of sp³-hybridized carbons (Fsp3) is 0.393. The first-order chi connectivity index (χ1) is 17.0. The van der Waals surface area contributed by atoms with Gasteiger partial charge in [-0.15, -0.1) is 0 Å². The van der Waals surface area contributed by atoms with Gasteiger partial charge < -0.3 is 19.3 Å². The topological polar surface area (TPSA) is 35.0 Å². The Labute approximate surface area is 213 Å². The molecule has 5 rings (SSSR count). The van der Waals surface area contributed by atoms with E-state index < -0.39 is 0 Å². The maximum absolute atomic E-state index is 13.4. The number of carbonyl (C=O) groups is 1. The molecule has 2 fully saturated rings. The summed E-state index contributed by atoms with van der Waals surface area (Å²) in [7, 11) is 2.02.